The Hall–Kier alpha value is -2.94. The highest BCUT2D eigenvalue weighted by atomic mass is 16.5. The molecule has 0 amide bonds. The highest BCUT2D eigenvalue weighted by molar-refractivity contribution is 5.34. The summed E-state index contributed by atoms with van der Waals surface area (Å²) in [6.07, 6.45) is 9.72. The smallest absolute Gasteiger partial charge is 0.141 e. The minimum Gasteiger partial charge on any atom is -0.379 e. The predicted molar refractivity (Wildman–Crippen MR) is 134 cm³/mol. The average Bonchev–Trinajstić information content (AvgIpc) is 3.59. The van der Waals surface area contributed by atoms with Crippen molar-refractivity contribution in [3.05, 3.63) is 90.0 Å². The summed E-state index contributed by atoms with van der Waals surface area (Å²) >= 11 is 0. The van der Waals surface area contributed by atoms with Crippen LogP contribution in [-0.2, 0) is 32.4 Å². The van der Waals surface area contributed by atoms with Crippen molar-refractivity contribution in [2.24, 2.45) is 5.92 Å². The van der Waals surface area contributed by atoms with Crippen LogP contribution in [0.3, 0.4) is 0 Å². The number of nitriles is 1. The molecule has 0 unspecified atom stereocenters. The predicted octanol–water partition coefficient (Wildman–Crippen LogP) is 5.51. The highest BCUT2D eigenvalue weighted by Gasteiger charge is 2.50. The van der Waals surface area contributed by atoms with E-state index in [0.29, 0.717) is 19.8 Å². The molecule has 3 aromatic rings. The molecule has 2 aliphatic carbocycles. The molecule has 6 rings (SSSR count). The molecule has 1 aliphatic heterocycles. The third-order valence-corrected chi connectivity index (χ3v) is 8.49. The van der Waals surface area contributed by atoms with Gasteiger partial charge >= 0.3 is 0 Å². The third-order valence-electron chi connectivity index (χ3n) is 8.49. The Balaban J connectivity index is 1.31. The van der Waals surface area contributed by atoms with E-state index in [-0.39, 0.29) is 5.41 Å². The number of rotatable bonds is 8. The van der Waals surface area contributed by atoms with Gasteiger partial charge in [0, 0.05) is 18.9 Å². The summed E-state index contributed by atoms with van der Waals surface area (Å²) in [4.78, 5) is 4.88. The van der Waals surface area contributed by atoms with Gasteiger partial charge in [0.15, 0.2) is 0 Å². The first kappa shape index (κ1) is 22.5. The molecular weight excluding hydrogens is 434 g/mol. The summed E-state index contributed by atoms with van der Waals surface area (Å²) in [5.74, 6) is 1.79. The number of nitrogens with zero attached hydrogens (tertiary/aromatic N) is 3. The maximum Gasteiger partial charge on any atom is 0.141 e. The fourth-order valence-electron chi connectivity index (χ4n) is 5.92. The minimum atomic E-state index is -0.495. The zero-order chi connectivity index (χ0) is 23.8. The van der Waals surface area contributed by atoms with Gasteiger partial charge < -0.3 is 14.0 Å². The number of imidazole rings is 1. The first-order chi connectivity index (χ1) is 17.2. The van der Waals surface area contributed by atoms with Crippen molar-refractivity contribution in [1.82, 2.24) is 9.55 Å². The Morgan fingerprint density at radius 2 is 1.60 bits per heavy atom. The summed E-state index contributed by atoms with van der Waals surface area (Å²) in [5.41, 5.74) is 1.30. The summed E-state index contributed by atoms with van der Waals surface area (Å²) in [6.45, 7) is 2.96. The Morgan fingerprint density at radius 3 is 2.17 bits per heavy atom. The van der Waals surface area contributed by atoms with Gasteiger partial charge in [0.25, 0.3) is 0 Å². The fourth-order valence-corrected chi connectivity index (χ4v) is 5.92. The Morgan fingerprint density at radius 1 is 0.943 bits per heavy atom. The van der Waals surface area contributed by atoms with Gasteiger partial charge in [0.2, 0.25) is 0 Å². The Bertz CT molecular complexity index is 1180. The molecule has 0 atom stereocenters. The van der Waals surface area contributed by atoms with Gasteiger partial charge in [-0.2, -0.15) is 5.26 Å². The molecule has 3 aliphatic rings. The van der Waals surface area contributed by atoms with Crippen LogP contribution in [0.25, 0.3) is 0 Å². The van der Waals surface area contributed by atoms with Gasteiger partial charge in [0.05, 0.1) is 36.7 Å². The molecule has 2 aromatic carbocycles. The number of ether oxygens (including phenoxy) is 2. The van der Waals surface area contributed by atoms with E-state index in [2.05, 4.69) is 59.3 Å². The maximum absolute atomic E-state index is 10.3. The van der Waals surface area contributed by atoms with E-state index in [0.717, 1.165) is 49.5 Å². The van der Waals surface area contributed by atoms with Crippen LogP contribution in [0.15, 0.2) is 73.1 Å². The van der Waals surface area contributed by atoms with Crippen LogP contribution in [0.2, 0.25) is 0 Å². The second-order valence-corrected chi connectivity index (χ2v) is 10.8. The molecule has 0 spiro atoms. The van der Waals surface area contributed by atoms with Crippen LogP contribution in [0, 0.1) is 17.2 Å². The third kappa shape index (κ3) is 4.09. The molecule has 1 saturated heterocycles. The number of aromatic nitrogens is 2. The van der Waals surface area contributed by atoms with Crippen LogP contribution < -0.4 is 0 Å². The van der Waals surface area contributed by atoms with Gasteiger partial charge in [-0.1, -0.05) is 60.7 Å². The summed E-state index contributed by atoms with van der Waals surface area (Å²) < 4.78 is 15.1. The van der Waals surface area contributed by atoms with Crippen LogP contribution >= 0.6 is 0 Å². The van der Waals surface area contributed by atoms with E-state index < -0.39 is 11.0 Å². The molecule has 5 heteroatoms. The van der Waals surface area contributed by atoms with Crippen molar-refractivity contribution < 1.29 is 9.47 Å². The van der Waals surface area contributed by atoms with Crippen molar-refractivity contribution in [3.8, 4) is 6.07 Å². The minimum absolute atomic E-state index is 0.120. The summed E-state index contributed by atoms with van der Waals surface area (Å²) in [7, 11) is 0. The highest BCUT2D eigenvalue weighted by Crippen LogP contribution is 2.50. The SMILES string of the molecule is N#C[C@]1(c2ccccc2)CC[C@@](OCC2(c3ccccc3)COC2)(c2nccn2CC2CC2)CC1. The van der Waals surface area contributed by atoms with Crippen molar-refractivity contribution in [1.29, 1.82) is 5.26 Å². The zero-order valence-corrected chi connectivity index (χ0v) is 20.2. The molecule has 35 heavy (non-hydrogen) atoms. The Kier molecular flexibility index (Phi) is 5.75. The van der Waals surface area contributed by atoms with E-state index in [4.69, 9.17) is 14.5 Å². The molecule has 0 radical (unpaired) electrons. The van der Waals surface area contributed by atoms with Crippen LogP contribution in [0.5, 0.6) is 0 Å². The number of hydrogen-bond donors (Lipinski definition) is 0. The van der Waals surface area contributed by atoms with Crippen molar-refractivity contribution in [2.75, 3.05) is 19.8 Å². The number of benzene rings is 2. The lowest BCUT2D eigenvalue weighted by Gasteiger charge is -2.47. The van der Waals surface area contributed by atoms with Gasteiger partial charge in [0.1, 0.15) is 11.4 Å². The lowest BCUT2D eigenvalue weighted by atomic mass is 9.65. The van der Waals surface area contributed by atoms with E-state index in [1.165, 1.54) is 18.4 Å². The first-order valence-corrected chi connectivity index (χ1v) is 12.9. The quantitative estimate of drug-likeness (QED) is 0.438. The van der Waals surface area contributed by atoms with E-state index in [9.17, 15) is 5.26 Å². The lowest BCUT2D eigenvalue weighted by molar-refractivity contribution is -0.160. The molecule has 2 saturated carbocycles. The van der Waals surface area contributed by atoms with Gasteiger partial charge in [-0.25, -0.2) is 4.98 Å². The molecule has 2 heterocycles. The molecule has 5 nitrogen and oxygen atoms in total. The molecule has 1 aromatic heterocycles. The van der Waals surface area contributed by atoms with Crippen LogP contribution in [-0.4, -0.2) is 29.4 Å². The Labute approximate surface area is 207 Å². The van der Waals surface area contributed by atoms with Crippen molar-refractivity contribution >= 4 is 0 Å². The lowest BCUT2D eigenvalue weighted by Crippen LogP contribution is -2.53. The molecule has 3 fully saturated rings. The summed E-state index contributed by atoms with van der Waals surface area (Å²) in [5, 5.41) is 10.3. The second-order valence-electron chi connectivity index (χ2n) is 10.8. The molecule has 0 N–H and O–H groups in total. The first-order valence-electron chi connectivity index (χ1n) is 12.9. The van der Waals surface area contributed by atoms with Crippen molar-refractivity contribution in [2.45, 2.75) is 61.5 Å². The van der Waals surface area contributed by atoms with Gasteiger partial charge in [-0.3, -0.25) is 0 Å². The number of hydrogen-bond acceptors (Lipinski definition) is 4. The maximum atomic E-state index is 10.3. The topological polar surface area (TPSA) is 60.1 Å². The van der Waals surface area contributed by atoms with E-state index in [1.807, 2.05) is 24.4 Å². The molecule has 180 valence electrons. The van der Waals surface area contributed by atoms with E-state index in [1.54, 1.807) is 0 Å². The summed E-state index contributed by atoms with van der Waals surface area (Å²) in [6, 6.07) is 23.6. The normalized spacial score (nSPS) is 27.6. The zero-order valence-electron chi connectivity index (χ0n) is 20.2. The van der Waals surface area contributed by atoms with Crippen molar-refractivity contribution in [3.63, 3.8) is 0 Å². The van der Waals surface area contributed by atoms with Gasteiger partial charge in [-0.05, 0) is 55.6 Å². The van der Waals surface area contributed by atoms with Crippen LogP contribution in [0.4, 0.5) is 0 Å². The fraction of sp³-hybridized carbons (Fsp3) is 0.467. The molecule has 0 bridgehead atoms. The monoisotopic (exact) mass is 467 g/mol. The average molecular weight is 468 g/mol. The largest absolute Gasteiger partial charge is 0.379 e. The van der Waals surface area contributed by atoms with E-state index >= 15 is 0 Å². The standard InChI is InChI=1S/C30H33N3O2/c31-20-28(25-7-3-1-4-8-25)13-15-30(16-14-28,27-32-17-18-33(27)19-24-11-12-24)35-23-29(21-34-22-29)26-9-5-2-6-10-26/h1-10,17-18,24H,11-16,19,21-23H2/t28-,30-. The molecular formula is C30H33N3O2. The second kappa shape index (κ2) is 8.93. The van der Waals surface area contributed by atoms with Gasteiger partial charge in [-0.15, -0.1) is 0 Å². The van der Waals surface area contributed by atoms with Crippen LogP contribution in [0.1, 0.15) is 55.5 Å².